The van der Waals surface area contributed by atoms with E-state index in [-0.39, 0.29) is 5.91 Å². The minimum atomic E-state index is -0.159. The lowest BCUT2D eigenvalue weighted by Gasteiger charge is -2.09. The molecule has 7 nitrogen and oxygen atoms in total. The maximum atomic E-state index is 13.0. The molecular formula is C22H23N5O2. The van der Waals surface area contributed by atoms with Gasteiger partial charge in [0.05, 0.1) is 23.2 Å². The van der Waals surface area contributed by atoms with Crippen LogP contribution in [0.2, 0.25) is 0 Å². The number of amides is 1. The van der Waals surface area contributed by atoms with E-state index in [4.69, 9.17) is 4.74 Å². The highest BCUT2D eigenvalue weighted by molar-refractivity contribution is 6.10. The van der Waals surface area contributed by atoms with Crippen LogP contribution < -0.4 is 5.32 Å². The van der Waals surface area contributed by atoms with E-state index in [1.165, 1.54) is 18.4 Å². The summed E-state index contributed by atoms with van der Waals surface area (Å²) in [4.78, 5) is 21.9. The summed E-state index contributed by atoms with van der Waals surface area (Å²) >= 11 is 0. The number of rotatable bonds is 7. The van der Waals surface area contributed by atoms with E-state index in [0.29, 0.717) is 30.7 Å². The summed E-state index contributed by atoms with van der Waals surface area (Å²) in [5.41, 5.74) is 3.74. The summed E-state index contributed by atoms with van der Waals surface area (Å²) in [5, 5.41) is 4.04. The number of para-hydroxylation sites is 1. The lowest BCUT2D eigenvalue weighted by atomic mass is 10.2. The van der Waals surface area contributed by atoms with Crippen molar-refractivity contribution < 1.29 is 9.53 Å². The van der Waals surface area contributed by atoms with Crippen LogP contribution >= 0.6 is 0 Å². The van der Waals surface area contributed by atoms with E-state index in [1.54, 1.807) is 25.6 Å². The van der Waals surface area contributed by atoms with Crippen LogP contribution in [0, 0.1) is 5.92 Å². The molecule has 0 aliphatic heterocycles. The fourth-order valence-electron chi connectivity index (χ4n) is 3.89. The Morgan fingerprint density at radius 1 is 1.17 bits per heavy atom. The van der Waals surface area contributed by atoms with Crippen LogP contribution in [0.4, 0.5) is 0 Å². The van der Waals surface area contributed by atoms with E-state index in [9.17, 15) is 4.79 Å². The van der Waals surface area contributed by atoms with Gasteiger partial charge in [-0.25, -0.2) is 9.97 Å². The van der Waals surface area contributed by atoms with Crippen molar-refractivity contribution in [2.24, 2.45) is 5.92 Å². The minimum Gasteiger partial charge on any atom is -0.383 e. The number of benzene rings is 1. The molecular weight excluding hydrogens is 366 g/mol. The van der Waals surface area contributed by atoms with Crippen molar-refractivity contribution in [2.45, 2.75) is 19.4 Å². The molecule has 1 N–H and O–H groups in total. The molecule has 3 heterocycles. The number of carbonyl (C=O) groups excluding carboxylic acids is 1. The third kappa shape index (κ3) is 3.17. The van der Waals surface area contributed by atoms with Crippen LogP contribution in [0.1, 0.15) is 23.3 Å². The number of aromatic nitrogens is 4. The van der Waals surface area contributed by atoms with Crippen molar-refractivity contribution in [1.82, 2.24) is 24.4 Å². The number of nitrogens with one attached hydrogen (secondary N) is 1. The van der Waals surface area contributed by atoms with Crippen LogP contribution in [-0.4, -0.2) is 45.3 Å². The molecule has 1 aromatic carbocycles. The summed E-state index contributed by atoms with van der Waals surface area (Å²) in [5.74, 6) is 1.05. The Hall–Kier alpha value is -3.19. The zero-order valence-electron chi connectivity index (χ0n) is 16.3. The van der Waals surface area contributed by atoms with Gasteiger partial charge in [0.15, 0.2) is 0 Å². The molecule has 3 aromatic heterocycles. The maximum absolute atomic E-state index is 13.0. The quantitative estimate of drug-likeness (QED) is 0.493. The number of fused-ring (bicyclic) bond motifs is 3. The number of nitrogens with zero attached hydrogens (tertiary/aromatic N) is 4. The highest BCUT2D eigenvalue weighted by atomic mass is 16.5. The molecule has 1 aliphatic rings. The van der Waals surface area contributed by atoms with Gasteiger partial charge in [0.1, 0.15) is 5.69 Å². The average Bonchev–Trinajstić information content (AvgIpc) is 3.42. The zero-order chi connectivity index (χ0) is 19.8. The van der Waals surface area contributed by atoms with Crippen molar-refractivity contribution in [3.05, 3.63) is 54.5 Å². The predicted molar refractivity (Wildman–Crippen MR) is 111 cm³/mol. The molecule has 0 unspecified atom stereocenters. The molecule has 1 aliphatic carbocycles. The van der Waals surface area contributed by atoms with Gasteiger partial charge in [0, 0.05) is 38.0 Å². The second-order valence-electron chi connectivity index (χ2n) is 7.47. The third-order valence-corrected chi connectivity index (χ3v) is 5.44. The summed E-state index contributed by atoms with van der Waals surface area (Å²) in [6.45, 7) is 1.88. The van der Waals surface area contributed by atoms with Crippen LogP contribution in [-0.2, 0) is 11.3 Å². The van der Waals surface area contributed by atoms with Crippen molar-refractivity contribution in [1.29, 1.82) is 0 Å². The van der Waals surface area contributed by atoms with Gasteiger partial charge in [-0.05, 0) is 37.0 Å². The molecule has 0 spiro atoms. The summed E-state index contributed by atoms with van der Waals surface area (Å²) in [7, 11) is 1.62. The highest BCUT2D eigenvalue weighted by Gasteiger charge is 2.27. The van der Waals surface area contributed by atoms with E-state index < -0.39 is 0 Å². The largest absolute Gasteiger partial charge is 0.383 e. The fraction of sp³-hybridized carbons (Fsp3) is 0.318. The Kier molecular flexibility index (Phi) is 4.52. The molecule has 1 saturated carbocycles. The summed E-state index contributed by atoms with van der Waals surface area (Å²) in [6.07, 6.45) is 5.93. The molecule has 1 amide bonds. The first-order valence-corrected chi connectivity index (χ1v) is 9.95. The van der Waals surface area contributed by atoms with Gasteiger partial charge in [0.2, 0.25) is 5.95 Å². The Morgan fingerprint density at radius 3 is 2.72 bits per heavy atom. The molecule has 148 valence electrons. The van der Waals surface area contributed by atoms with Gasteiger partial charge in [0.25, 0.3) is 5.91 Å². The number of hydrogen-bond donors (Lipinski definition) is 1. The predicted octanol–water partition coefficient (Wildman–Crippen LogP) is 3.16. The van der Waals surface area contributed by atoms with E-state index >= 15 is 0 Å². The SMILES string of the molecule is COCCNC(=O)c1cc2c(c3ccccc3n2CC2CC2)n1-c1ncccn1. The standard InChI is InChI=1S/C22H23N5O2/c1-29-12-11-23-21(28)19-13-18-20(27(19)22-24-9-4-10-25-22)16-5-2-3-6-17(16)26(18)14-15-7-8-15/h2-6,9-10,13,15H,7-8,11-12,14H2,1H3,(H,23,28). The molecule has 29 heavy (non-hydrogen) atoms. The smallest absolute Gasteiger partial charge is 0.268 e. The fourth-order valence-corrected chi connectivity index (χ4v) is 3.89. The van der Waals surface area contributed by atoms with Gasteiger partial charge in [-0.3, -0.25) is 9.36 Å². The lowest BCUT2D eigenvalue weighted by Crippen LogP contribution is -2.29. The third-order valence-electron chi connectivity index (χ3n) is 5.44. The monoisotopic (exact) mass is 389 g/mol. The van der Waals surface area contributed by atoms with Gasteiger partial charge in [-0.1, -0.05) is 18.2 Å². The number of hydrogen-bond acceptors (Lipinski definition) is 4. The van der Waals surface area contributed by atoms with Gasteiger partial charge in [-0.2, -0.15) is 0 Å². The number of ether oxygens (including phenoxy) is 1. The molecule has 0 radical (unpaired) electrons. The van der Waals surface area contributed by atoms with E-state index in [1.807, 2.05) is 16.7 Å². The van der Waals surface area contributed by atoms with E-state index in [2.05, 4.69) is 38.1 Å². The molecule has 0 atom stereocenters. The topological polar surface area (TPSA) is 74.0 Å². The minimum absolute atomic E-state index is 0.159. The highest BCUT2D eigenvalue weighted by Crippen LogP contribution is 2.37. The number of carbonyl (C=O) groups is 1. The Morgan fingerprint density at radius 2 is 1.97 bits per heavy atom. The molecule has 7 heteroatoms. The lowest BCUT2D eigenvalue weighted by molar-refractivity contribution is 0.0930. The first kappa shape index (κ1) is 17.9. The summed E-state index contributed by atoms with van der Waals surface area (Å²) in [6, 6.07) is 12.1. The second-order valence-corrected chi connectivity index (χ2v) is 7.47. The first-order valence-electron chi connectivity index (χ1n) is 9.95. The molecule has 0 bridgehead atoms. The molecule has 4 aromatic rings. The molecule has 0 saturated heterocycles. The van der Waals surface area contributed by atoms with Gasteiger partial charge < -0.3 is 14.6 Å². The average molecular weight is 389 g/mol. The Bertz CT molecular complexity index is 1170. The van der Waals surface area contributed by atoms with Crippen molar-refractivity contribution in [3.8, 4) is 5.95 Å². The summed E-state index contributed by atoms with van der Waals surface area (Å²) < 4.78 is 9.28. The van der Waals surface area contributed by atoms with E-state index in [0.717, 1.165) is 23.0 Å². The molecule has 1 fully saturated rings. The normalized spacial score (nSPS) is 14.0. The van der Waals surface area contributed by atoms with Gasteiger partial charge in [-0.15, -0.1) is 0 Å². The van der Waals surface area contributed by atoms with Crippen LogP contribution in [0.25, 0.3) is 27.9 Å². The molecule has 5 rings (SSSR count). The van der Waals surface area contributed by atoms with Crippen LogP contribution in [0.3, 0.4) is 0 Å². The Balaban J connectivity index is 1.74. The van der Waals surface area contributed by atoms with Crippen molar-refractivity contribution >= 4 is 27.8 Å². The first-order chi connectivity index (χ1) is 14.3. The maximum Gasteiger partial charge on any atom is 0.268 e. The van der Waals surface area contributed by atoms with Gasteiger partial charge >= 0.3 is 0 Å². The second kappa shape index (κ2) is 7.33. The van der Waals surface area contributed by atoms with Crippen molar-refractivity contribution in [2.75, 3.05) is 20.3 Å². The number of methoxy groups -OCH3 is 1. The van der Waals surface area contributed by atoms with Crippen molar-refractivity contribution in [3.63, 3.8) is 0 Å². The zero-order valence-corrected chi connectivity index (χ0v) is 16.3. The van der Waals surface area contributed by atoms with Crippen LogP contribution in [0.5, 0.6) is 0 Å². The Labute approximate surface area is 168 Å². The van der Waals surface area contributed by atoms with Crippen LogP contribution in [0.15, 0.2) is 48.8 Å².